The largest absolute Gasteiger partial charge is 0.459 e. The van der Waals surface area contributed by atoms with E-state index < -0.39 is 0 Å². The summed E-state index contributed by atoms with van der Waals surface area (Å²) in [4.78, 5) is 14.2. The van der Waals surface area contributed by atoms with Crippen LogP contribution in [-0.2, 0) is 6.42 Å². The van der Waals surface area contributed by atoms with E-state index in [9.17, 15) is 4.79 Å². The number of furan rings is 1. The molecule has 3 rings (SSSR count). The van der Waals surface area contributed by atoms with Crippen LogP contribution in [0.15, 0.2) is 33.4 Å². The molecule has 20 heavy (non-hydrogen) atoms. The van der Waals surface area contributed by atoms with E-state index in [0.29, 0.717) is 5.76 Å². The summed E-state index contributed by atoms with van der Waals surface area (Å²) in [6.45, 7) is 2.84. The Morgan fingerprint density at radius 3 is 3.20 bits per heavy atom. The third kappa shape index (κ3) is 2.35. The van der Waals surface area contributed by atoms with Crippen LogP contribution in [0.2, 0.25) is 0 Å². The van der Waals surface area contributed by atoms with Crippen LogP contribution < -0.4 is 0 Å². The summed E-state index contributed by atoms with van der Waals surface area (Å²) in [6.07, 6.45) is 5.32. The number of aromatic nitrogens is 1. The molecule has 5 nitrogen and oxygen atoms in total. The van der Waals surface area contributed by atoms with Gasteiger partial charge >= 0.3 is 0 Å². The lowest BCUT2D eigenvalue weighted by molar-refractivity contribution is 0.0698. The molecule has 1 atom stereocenters. The van der Waals surface area contributed by atoms with Gasteiger partial charge in [-0.2, -0.15) is 0 Å². The molecule has 1 amide bonds. The van der Waals surface area contributed by atoms with Crippen LogP contribution in [0.1, 0.15) is 54.2 Å². The van der Waals surface area contributed by atoms with E-state index in [1.807, 2.05) is 11.0 Å². The maximum Gasteiger partial charge on any atom is 0.290 e. The molecule has 1 saturated heterocycles. The molecule has 0 unspecified atom stereocenters. The number of rotatable bonds is 4. The van der Waals surface area contributed by atoms with E-state index in [-0.39, 0.29) is 11.9 Å². The van der Waals surface area contributed by atoms with Crippen molar-refractivity contribution < 1.29 is 13.7 Å². The zero-order valence-electron chi connectivity index (χ0n) is 11.5. The van der Waals surface area contributed by atoms with Gasteiger partial charge in [-0.05, 0) is 31.4 Å². The summed E-state index contributed by atoms with van der Waals surface area (Å²) in [5, 5.41) is 4.13. The van der Waals surface area contributed by atoms with Crippen molar-refractivity contribution in [1.29, 1.82) is 0 Å². The van der Waals surface area contributed by atoms with Crippen molar-refractivity contribution in [3.8, 4) is 0 Å². The van der Waals surface area contributed by atoms with Gasteiger partial charge in [0.15, 0.2) is 5.76 Å². The van der Waals surface area contributed by atoms with Gasteiger partial charge < -0.3 is 13.8 Å². The fourth-order valence-corrected chi connectivity index (χ4v) is 2.71. The molecule has 0 radical (unpaired) electrons. The molecule has 0 spiro atoms. The topological polar surface area (TPSA) is 59.5 Å². The van der Waals surface area contributed by atoms with Gasteiger partial charge in [-0.15, -0.1) is 0 Å². The molecule has 2 aromatic rings. The monoisotopic (exact) mass is 274 g/mol. The molecule has 2 aromatic heterocycles. The van der Waals surface area contributed by atoms with Crippen molar-refractivity contribution in [2.24, 2.45) is 0 Å². The Morgan fingerprint density at radius 1 is 1.55 bits per heavy atom. The first kappa shape index (κ1) is 13.0. The molecule has 0 bridgehead atoms. The molecule has 0 saturated carbocycles. The quantitative estimate of drug-likeness (QED) is 0.859. The van der Waals surface area contributed by atoms with Crippen LogP contribution in [0.4, 0.5) is 0 Å². The van der Waals surface area contributed by atoms with Crippen LogP contribution in [0, 0.1) is 0 Å². The average Bonchev–Trinajstić information content (AvgIpc) is 3.19. The fraction of sp³-hybridized carbons (Fsp3) is 0.467. The number of aryl methyl sites for hydroxylation is 1. The van der Waals surface area contributed by atoms with Crippen LogP contribution >= 0.6 is 0 Å². The van der Waals surface area contributed by atoms with Crippen molar-refractivity contribution in [3.63, 3.8) is 0 Å². The van der Waals surface area contributed by atoms with Crippen LogP contribution in [-0.4, -0.2) is 22.5 Å². The lowest BCUT2D eigenvalue weighted by Crippen LogP contribution is -2.30. The van der Waals surface area contributed by atoms with Gasteiger partial charge in [-0.3, -0.25) is 4.79 Å². The highest BCUT2D eigenvalue weighted by Crippen LogP contribution is 2.33. The highest BCUT2D eigenvalue weighted by molar-refractivity contribution is 5.91. The number of hydrogen-bond acceptors (Lipinski definition) is 4. The molecule has 0 N–H and O–H groups in total. The van der Waals surface area contributed by atoms with E-state index in [1.54, 1.807) is 12.1 Å². The second kappa shape index (κ2) is 5.53. The van der Waals surface area contributed by atoms with E-state index >= 15 is 0 Å². The molecule has 0 aliphatic carbocycles. The van der Waals surface area contributed by atoms with Crippen molar-refractivity contribution >= 4 is 5.91 Å². The summed E-state index contributed by atoms with van der Waals surface area (Å²) in [6, 6.07) is 5.40. The summed E-state index contributed by atoms with van der Waals surface area (Å²) >= 11 is 0. The Labute approximate surface area is 117 Å². The highest BCUT2D eigenvalue weighted by atomic mass is 16.5. The molecule has 1 aliphatic rings. The lowest BCUT2D eigenvalue weighted by atomic mass is 10.1. The van der Waals surface area contributed by atoms with Crippen LogP contribution in [0.5, 0.6) is 0 Å². The summed E-state index contributed by atoms with van der Waals surface area (Å²) < 4.78 is 10.5. The summed E-state index contributed by atoms with van der Waals surface area (Å²) in [7, 11) is 0. The first-order valence-electron chi connectivity index (χ1n) is 7.09. The summed E-state index contributed by atoms with van der Waals surface area (Å²) in [5.74, 6) is 1.20. The van der Waals surface area contributed by atoms with Crippen molar-refractivity contribution in [2.75, 3.05) is 6.54 Å². The Bertz CT molecular complexity index is 574. The second-order valence-corrected chi connectivity index (χ2v) is 5.10. The van der Waals surface area contributed by atoms with Gasteiger partial charge in [0.25, 0.3) is 5.91 Å². The second-order valence-electron chi connectivity index (χ2n) is 5.10. The molecule has 0 aromatic carbocycles. The third-order valence-electron chi connectivity index (χ3n) is 3.66. The van der Waals surface area contributed by atoms with Crippen LogP contribution in [0.3, 0.4) is 0 Å². The number of nitrogens with zero attached hydrogens (tertiary/aromatic N) is 2. The minimum absolute atomic E-state index is 0.00181. The Balaban J connectivity index is 1.79. The van der Waals surface area contributed by atoms with Crippen molar-refractivity contribution in [1.82, 2.24) is 10.1 Å². The smallest absolute Gasteiger partial charge is 0.290 e. The van der Waals surface area contributed by atoms with E-state index in [1.165, 1.54) is 6.26 Å². The Kier molecular flexibility index (Phi) is 3.58. The van der Waals surface area contributed by atoms with Gasteiger partial charge in [0.2, 0.25) is 0 Å². The molecular weight excluding hydrogens is 256 g/mol. The minimum Gasteiger partial charge on any atom is -0.459 e. The maximum atomic E-state index is 12.4. The highest BCUT2D eigenvalue weighted by Gasteiger charge is 2.33. The zero-order chi connectivity index (χ0) is 13.9. The number of carbonyl (C=O) groups is 1. The van der Waals surface area contributed by atoms with Gasteiger partial charge in [-0.25, -0.2) is 0 Å². The molecule has 1 fully saturated rings. The number of amides is 1. The summed E-state index contributed by atoms with van der Waals surface area (Å²) in [5.41, 5.74) is 0.853. The standard InChI is InChI=1S/C15H18N2O3/c1-2-5-11-10-12(16-20-11)13-6-3-8-17(13)15(18)14-7-4-9-19-14/h4,7,9-10,13H,2-3,5-6,8H2,1H3/t13-/m1/s1. The maximum absolute atomic E-state index is 12.4. The van der Waals surface area contributed by atoms with Gasteiger partial charge in [0.1, 0.15) is 11.5 Å². The fourth-order valence-electron chi connectivity index (χ4n) is 2.71. The Hall–Kier alpha value is -2.04. The van der Waals surface area contributed by atoms with Crippen molar-refractivity contribution in [3.05, 3.63) is 41.7 Å². The van der Waals surface area contributed by atoms with E-state index in [2.05, 4.69) is 12.1 Å². The van der Waals surface area contributed by atoms with Gasteiger partial charge in [0, 0.05) is 19.0 Å². The SMILES string of the molecule is CCCc1cc([C@H]2CCCN2C(=O)c2ccco2)no1. The predicted octanol–water partition coefficient (Wildman–Crippen LogP) is 3.20. The number of likely N-dealkylation sites (tertiary alicyclic amines) is 1. The number of carbonyl (C=O) groups excluding carboxylic acids is 1. The van der Waals surface area contributed by atoms with Crippen molar-refractivity contribution in [2.45, 2.75) is 38.6 Å². The van der Waals surface area contributed by atoms with Gasteiger partial charge in [-0.1, -0.05) is 12.1 Å². The zero-order valence-corrected chi connectivity index (χ0v) is 11.5. The predicted molar refractivity (Wildman–Crippen MR) is 72.2 cm³/mol. The normalized spacial score (nSPS) is 18.6. The lowest BCUT2D eigenvalue weighted by Gasteiger charge is -2.21. The number of hydrogen-bond donors (Lipinski definition) is 0. The third-order valence-corrected chi connectivity index (χ3v) is 3.66. The minimum atomic E-state index is -0.0717. The molecular formula is C15H18N2O3. The average molecular weight is 274 g/mol. The first-order valence-corrected chi connectivity index (χ1v) is 7.09. The van der Waals surface area contributed by atoms with Crippen LogP contribution in [0.25, 0.3) is 0 Å². The first-order chi connectivity index (χ1) is 9.79. The molecule has 3 heterocycles. The van der Waals surface area contributed by atoms with Gasteiger partial charge in [0.05, 0.1) is 12.3 Å². The van der Waals surface area contributed by atoms with E-state index in [4.69, 9.17) is 8.94 Å². The molecule has 1 aliphatic heterocycles. The molecule has 5 heteroatoms. The Morgan fingerprint density at radius 2 is 2.45 bits per heavy atom. The van der Waals surface area contributed by atoms with E-state index in [0.717, 1.165) is 43.7 Å². The molecule has 106 valence electrons.